The Morgan fingerprint density at radius 2 is 0.783 bits per heavy atom. The van der Waals surface area contributed by atoms with Gasteiger partial charge in [0, 0.05) is 12.2 Å². The number of carboxylic acids is 6. The van der Waals surface area contributed by atoms with Crippen LogP contribution in [0.2, 0.25) is 0 Å². The Bertz CT molecular complexity index is 424. The molecule has 0 atom stereocenters. The number of rotatable bonds is 5. The van der Waals surface area contributed by atoms with Crippen LogP contribution in [0.4, 0.5) is 0 Å². The van der Waals surface area contributed by atoms with Gasteiger partial charge in [0.1, 0.15) is 0 Å². The zero-order valence-electron chi connectivity index (χ0n) is 11.1. The van der Waals surface area contributed by atoms with Crippen LogP contribution in [0.15, 0.2) is 12.2 Å². The van der Waals surface area contributed by atoms with Crippen molar-refractivity contribution in [2.24, 2.45) is 0 Å². The Morgan fingerprint density at radius 3 is 0.870 bits per heavy atom. The highest BCUT2D eigenvalue weighted by Gasteiger charge is 2.04. The molecule has 0 aliphatic rings. The molecule has 6 N–H and O–H groups in total. The summed E-state index contributed by atoms with van der Waals surface area (Å²) in [5.41, 5.74) is 0. The number of hydrogen-bond donors (Lipinski definition) is 6. The Kier molecular flexibility index (Phi) is 20.6. The van der Waals surface area contributed by atoms with Gasteiger partial charge in [-0.05, 0) is 0 Å². The highest BCUT2D eigenvalue weighted by molar-refractivity contribution is 6.27. The topological polar surface area (TPSA) is 224 Å². The largest absolute Gasteiger partial charge is 0.481 e. The molecule has 0 aromatic heterocycles. The molecule has 0 radical (unpaired) electrons. The van der Waals surface area contributed by atoms with Gasteiger partial charge >= 0.3 is 35.8 Å². The summed E-state index contributed by atoms with van der Waals surface area (Å²) in [6.07, 6.45) is 0.523. The fourth-order valence-corrected chi connectivity index (χ4v) is 0.356. The molecule has 0 aromatic rings. The lowest BCUT2D eigenvalue weighted by Crippen LogP contribution is -2.09. The molecular weight excluding hydrogens is 348 g/mol. The van der Waals surface area contributed by atoms with Crippen molar-refractivity contribution in [2.75, 3.05) is 0 Å². The number of carboxylic acid groups (broad SMARTS) is 6. The second-order valence-electron chi connectivity index (χ2n) is 2.91. The molecule has 23 heavy (non-hydrogen) atoms. The fraction of sp³-hybridized carbons (Fsp3) is 0.200. The molecule has 0 saturated carbocycles. The van der Waals surface area contributed by atoms with Crippen molar-refractivity contribution >= 4 is 48.2 Å². The maximum Gasteiger partial charge on any atom is 0.414 e. The van der Waals surface area contributed by atoms with E-state index >= 15 is 0 Å². The van der Waals surface area contributed by atoms with Crippen molar-refractivity contribution in [3.8, 4) is 0 Å². The van der Waals surface area contributed by atoms with Crippen LogP contribution in [0.3, 0.4) is 0 Å². The first-order valence-corrected chi connectivity index (χ1v) is 4.93. The monoisotopic (exact) mass is 360 g/mol. The standard InChI is InChI=1S/C4H6O4.C4H4O4.C2H2O4.ClH/c2*5-3(6)1-2-4(7)8;3-1(4)2(5)6;/h1-2H2,(H,5,6)(H,7,8);1-2H,(H,5,6)(H,7,8);(H,3,4)(H,5,6);1H. The van der Waals surface area contributed by atoms with Crippen LogP contribution in [0.25, 0.3) is 0 Å². The van der Waals surface area contributed by atoms with Gasteiger partial charge in [0.25, 0.3) is 0 Å². The maximum atomic E-state index is 9.64. The summed E-state index contributed by atoms with van der Waals surface area (Å²) in [6.45, 7) is 0. The summed E-state index contributed by atoms with van der Waals surface area (Å²) < 4.78 is 0. The molecule has 0 saturated heterocycles. The van der Waals surface area contributed by atoms with Crippen LogP contribution in [0, 0.1) is 0 Å². The van der Waals surface area contributed by atoms with Gasteiger partial charge in [-0.2, -0.15) is 0 Å². The van der Waals surface area contributed by atoms with E-state index in [0.717, 1.165) is 0 Å². The van der Waals surface area contributed by atoms with Crippen LogP contribution >= 0.6 is 12.4 Å². The van der Waals surface area contributed by atoms with E-state index in [1.165, 1.54) is 0 Å². The Balaban J connectivity index is -0.000000117. The van der Waals surface area contributed by atoms with Crippen molar-refractivity contribution < 1.29 is 59.4 Å². The summed E-state index contributed by atoms with van der Waals surface area (Å²) in [5, 5.41) is 46.2. The second kappa shape index (κ2) is 16.9. The Labute approximate surface area is 133 Å². The normalized spacial score (nSPS) is 8.17. The van der Waals surface area contributed by atoms with Crippen LogP contribution in [-0.2, 0) is 28.8 Å². The molecule has 0 spiro atoms. The summed E-state index contributed by atoms with van der Waals surface area (Å²) in [5.74, 6) is -8.32. The zero-order valence-corrected chi connectivity index (χ0v) is 11.9. The van der Waals surface area contributed by atoms with E-state index in [2.05, 4.69) is 0 Å². The average Bonchev–Trinajstić information content (AvgIpc) is 2.35. The Morgan fingerprint density at radius 1 is 0.565 bits per heavy atom. The van der Waals surface area contributed by atoms with E-state index in [0.29, 0.717) is 12.2 Å². The molecule has 12 nitrogen and oxygen atoms in total. The number of halogens is 1. The molecule has 0 aromatic carbocycles. The van der Waals surface area contributed by atoms with Crippen LogP contribution in [-0.4, -0.2) is 66.5 Å². The molecule has 0 bridgehead atoms. The van der Waals surface area contributed by atoms with Crippen molar-refractivity contribution in [1.29, 1.82) is 0 Å². The van der Waals surface area contributed by atoms with Gasteiger partial charge in [0.15, 0.2) is 0 Å². The summed E-state index contributed by atoms with van der Waals surface area (Å²) in [7, 11) is 0. The van der Waals surface area contributed by atoms with E-state index in [9.17, 15) is 19.2 Å². The van der Waals surface area contributed by atoms with Crippen molar-refractivity contribution in [3.05, 3.63) is 12.2 Å². The molecular formula is C10H13ClO12. The van der Waals surface area contributed by atoms with E-state index in [1.807, 2.05) is 0 Å². The van der Waals surface area contributed by atoms with E-state index in [1.54, 1.807) is 0 Å². The third-order valence-electron chi connectivity index (χ3n) is 1.10. The summed E-state index contributed by atoms with van der Waals surface area (Å²) in [6, 6.07) is 0. The fourth-order valence-electron chi connectivity index (χ4n) is 0.356. The van der Waals surface area contributed by atoms with E-state index < -0.39 is 35.8 Å². The SMILES string of the molecule is Cl.O=C(O)C(=O)O.O=C(O)C=CC(=O)O.O=C(O)CCC(=O)O. The Hall–Kier alpha value is -3.15. The molecule has 0 unspecified atom stereocenters. The molecule has 0 aliphatic heterocycles. The number of carbonyl (C=O) groups is 6. The molecule has 0 aliphatic carbocycles. The number of hydrogen-bond acceptors (Lipinski definition) is 6. The highest BCUT2D eigenvalue weighted by atomic mass is 35.5. The van der Waals surface area contributed by atoms with Crippen molar-refractivity contribution in [1.82, 2.24) is 0 Å². The van der Waals surface area contributed by atoms with Gasteiger partial charge in [-0.1, -0.05) is 0 Å². The van der Waals surface area contributed by atoms with Gasteiger partial charge in [-0.25, -0.2) is 19.2 Å². The van der Waals surface area contributed by atoms with E-state index in [-0.39, 0.29) is 25.2 Å². The predicted molar refractivity (Wildman–Crippen MR) is 71.4 cm³/mol. The van der Waals surface area contributed by atoms with Gasteiger partial charge in [0.05, 0.1) is 12.8 Å². The van der Waals surface area contributed by atoms with Gasteiger partial charge < -0.3 is 30.6 Å². The second-order valence-corrected chi connectivity index (χ2v) is 2.91. The summed E-state index contributed by atoms with van der Waals surface area (Å²) >= 11 is 0. The van der Waals surface area contributed by atoms with Crippen LogP contribution in [0.1, 0.15) is 12.8 Å². The zero-order chi connectivity index (χ0) is 18.3. The van der Waals surface area contributed by atoms with Crippen LogP contribution in [0.5, 0.6) is 0 Å². The lowest BCUT2D eigenvalue weighted by Gasteiger charge is -1.85. The van der Waals surface area contributed by atoms with Gasteiger partial charge in [0.2, 0.25) is 0 Å². The molecule has 0 rings (SSSR count). The van der Waals surface area contributed by atoms with Crippen LogP contribution < -0.4 is 0 Å². The third-order valence-corrected chi connectivity index (χ3v) is 1.10. The lowest BCUT2D eigenvalue weighted by atomic mass is 10.3. The smallest absolute Gasteiger partial charge is 0.414 e. The van der Waals surface area contributed by atoms with Crippen molar-refractivity contribution in [3.63, 3.8) is 0 Å². The minimum Gasteiger partial charge on any atom is -0.481 e. The molecule has 0 amide bonds. The lowest BCUT2D eigenvalue weighted by molar-refractivity contribution is -0.159. The van der Waals surface area contributed by atoms with Gasteiger partial charge in [-0.3, -0.25) is 9.59 Å². The van der Waals surface area contributed by atoms with E-state index in [4.69, 9.17) is 40.2 Å². The molecule has 0 fully saturated rings. The van der Waals surface area contributed by atoms with Gasteiger partial charge in [-0.15, -0.1) is 12.4 Å². The maximum absolute atomic E-state index is 9.64. The minimum absolute atomic E-state index is 0. The number of aliphatic carboxylic acids is 6. The quantitative estimate of drug-likeness (QED) is 0.262. The first-order chi connectivity index (χ1) is 9.89. The first kappa shape index (κ1) is 28.1. The minimum atomic E-state index is -1.82. The first-order valence-electron chi connectivity index (χ1n) is 4.93. The molecule has 13 heteroatoms. The highest BCUT2D eigenvalue weighted by Crippen LogP contribution is 1.86. The predicted octanol–water partition coefficient (Wildman–Crippen LogP) is -0.775. The molecule has 132 valence electrons. The third kappa shape index (κ3) is 45.5. The molecule has 0 heterocycles. The average molecular weight is 361 g/mol. The summed E-state index contributed by atoms with van der Waals surface area (Å²) in [4.78, 5) is 56.6. The van der Waals surface area contributed by atoms with Crippen molar-refractivity contribution in [2.45, 2.75) is 12.8 Å².